The number of rotatable bonds is 6. The summed E-state index contributed by atoms with van der Waals surface area (Å²) in [4.78, 5) is 30.7. The van der Waals surface area contributed by atoms with Gasteiger partial charge in [0.2, 0.25) is 5.91 Å². The molecule has 0 bridgehead atoms. The zero-order valence-corrected chi connectivity index (χ0v) is 16.8. The van der Waals surface area contributed by atoms with Crippen LogP contribution in [0, 0.1) is 5.92 Å². The van der Waals surface area contributed by atoms with Crippen LogP contribution >= 0.6 is 11.3 Å². The topological polar surface area (TPSA) is 74.3 Å². The lowest BCUT2D eigenvalue weighted by molar-refractivity contribution is -0.121. The number of carbonyl (C=O) groups is 2. The molecule has 2 N–H and O–H groups in total. The Morgan fingerprint density at radius 1 is 1.26 bits per heavy atom. The van der Waals surface area contributed by atoms with Crippen LogP contribution in [0.15, 0.2) is 24.3 Å². The van der Waals surface area contributed by atoms with Gasteiger partial charge in [0.25, 0.3) is 0 Å². The average molecular weight is 389 g/mol. The van der Waals surface area contributed by atoms with Crippen molar-refractivity contribution in [1.82, 2.24) is 20.5 Å². The number of carbonyl (C=O) groups excluding carboxylic acids is 2. The highest BCUT2D eigenvalue weighted by Gasteiger charge is 2.24. The molecule has 27 heavy (non-hydrogen) atoms. The zero-order valence-electron chi connectivity index (χ0n) is 16.0. The minimum atomic E-state index is -0.398. The average Bonchev–Trinajstić information content (AvgIpc) is 3.06. The number of para-hydroxylation sites is 1. The van der Waals surface area contributed by atoms with Crippen molar-refractivity contribution >= 4 is 33.5 Å². The SMILES string of the molecule is CC(C)CCNC(=O)NC(=O)CN1CCC(c2nc3ccccc3s2)CC1. The molecule has 1 aliphatic rings. The predicted octanol–water partition coefficient (Wildman–Crippen LogP) is 3.35. The van der Waals surface area contributed by atoms with Gasteiger partial charge in [0.1, 0.15) is 0 Å². The van der Waals surface area contributed by atoms with Crippen LogP contribution in [0.4, 0.5) is 4.79 Å². The second-order valence-electron chi connectivity index (χ2n) is 7.56. The van der Waals surface area contributed by atoms with Crippen molar-refractivity contribution in [1.29, 1.82) is 0 Å². The molecule has 6 nitrogen and oxygen atoms in total. The first-order valence-electron chi connectivity index (χ1n) is 9.66. The van der Waals surface area contributed by atoms with E-state index in [1.807, 2.05) is 12.1 Å². The monoisotopic (exact) mass is 388 g/mol. The normalized spacial score (nSPS) is 16.0. The summed E-state index contributed by atoms with van der Waals surface area (Å²) < 4.78 is 1.23. The Hall–Kier alpha value is -1.99. The van der Waals surface area contributed by atoms with E-state index in [1.54, 1.807) is 11.3 Å². The van der Waals surface area contributed by atoms with Gasteiger partial charge in [-0.05, 0) is 50.4 Å². The van der Waals surface area contributed by atoms with Gasteiger partial charge in [0.05, 0.1) is 21.8 Å². The number of urea groups is 1. The van der Waals surface area contributed by atoms with Gasteiger partial charge in [-0.15, -0.1) is 11.3 Å². The number of fused-ring (bicyclic) bond motifs is 1. The summed E-state index contributed by atoms with van der Waals surface area (Å²) in [5, 5.41) is 6.35. The molecule has 1 aliphatic heterocycles. The number of aromatic nitrogens is 1. The number of nitrogens with zero attached hydrogens (tertiary/aromatic N) is 2. The standard InChI is InChI=1S/C20H28N4O2S/c1-14(2)7-10-21-20(26)23-18(25)13-24-11-8-15(9-12-24)19-22-16-5-3-4-6-17(16)27-19/h3-6,14-15H,7-13H2,1-2H3,(H2,21,23,25,26). The van der Waals surface area contributed by atoms with Gasteiger partial charge in [-0.2, -0.15) is 0 Å². The lowest BCUT2D eigenvalue weighted by Crippen LogP contribution is -2.46. The number of hydrogen-bond acceptors (Lipinski definition) is 5. The molecule has 146 valence electrons. The molecule has 1 fully saturated rings. The maximum absolute atomic E-state index is 12.1. The number of imide groups is 1. The lowest BCUT2D eigenvalue weighted by Gasteiger charge is -2.30. The molecule has 2 aromatic rings. The molecule has 3 amide bonds. The van der Waals surface area contributed by atoms with E-state index in [0.29, 0.717) is 18.4 Å². The summed E-state index contributed by atoms with van der Waals surface area (Å²) in [7, 11) is 0. The molecule has 1 aromatic carbocycles. The Morgan fingerprint density at radius 2 is 2.00 bits per heavy atom. The fraction of sp³-hybridized carbons (Fsp3) is 0.550. The molecule has 1 aromatic heterocycles. The van der Waals surface area contributed by atoms with Crippen molar-refractivity contribution < 1.29 is 9.59 Å². The van der Waals surface area contributed by atoms with E-state index in [4.69, 9.17) is 4.98 Å². The van der Waals surface area contributed by atoms with Gasteiger partial charge in [-0.25, -0.2) is 9.78 Å². The van der Waals surface area contributed by atoms with Gasteiger partial charge < -0.3 is 5.32 Å². The van der Waals surface area contributed by atoms with Crippen LogP contribution in [0.1, 0.15) is 44.0 Å². The van der Waals surface area contributed by atoms with Crippen molar-refractivity contribution in [3.05, 3.63) is 29.3 Å². The highest BCUT2D eigenvalue weighted by atomic mass is 32.1. The summed E-state index contributed by atoms with van der Waals surface area (Å²) >= 11 is 1.78. The van der Waals surface area contributed by atoms with E-state index >= 15 is 0 Å². The minimum Gasteiger partial charge on any atom is -0.338 e. The van der Waals surface area contributed by atoms with Crippen molar-refractivity contribution in [3.8, 4) is 0 Å². The molecule has 0 spiro atoms. The molecule has 2 heterocycles. The highest BCUT2D eigenvalue weighted by molar-refractivity contribution is 7.18. The fourth-order valence-electron chi connectivity index (χ4n) is 3.29. The lowest BCUT2D eigenvalue weighted by atomic mass is 9.97. The first-order chi connectivity index (χ1) is 13.0. The van der Waals surface area contributed by atoms with Crippen LogP contribution in [-0.2, 0) is 4.79 Å². The summed E-state index contributed by atoms with van der Waals surface area (Å²) in [5.41, 5.74) is 1.07. The van der Waals surface area contributed by atoms with Gasteiger partial charge in [0.15, 0.2) is 0 Å². The quantitative estimate of drug-likeness (QED) is 0.796. The number of likely N-dealkylation sites (tertiary alicyclic amines) is 1. The maximum Gasteiger partial charge on any atom is 0.321 e. The number of piperidine rings is 1. The number of thiazole rings is 1. The maximum atomic E-state index is 12.1. The molecule has 0 atom stereocenters. The largest absolute Gasteiger partial charge is 0.338 e. The minimum absolute atomic E-state index is 0.240. The van der Waals surface area contributed by atoms with E-state index in [2.05, 4.69) is 41.5 Å². The number of nitrogens with one attached hydrogen (secondary N) is 2. The Labute approximate surface area is 164 Å². The van der Waals surface area contributed by atoms with E-state index in [0.717, 1.165) is 37.9 Å². The van der Waals surface area contributed by atoms with Gasteiger partial charge >= 0.3 is 6.03 Å². The molecular formula is C20H28N4O2S. The van der Waals surface area contributed by atoms with E-state index in [9.17, 15) is 9.59 Å². The van der Waals surface area contributed by atoms with Crippen LogP contribution in [-0.4, -0.2) is 48.0 Å². The molecular weight excluding hydrogens is 360 g/mol. The molecule has 0 radical (unpaired) electrons. The van der Waals surface area contributed by atoms with Crippen LogP contribution in [0.25, 0.3) is 10.2 Å². The first kappa shape index (κ1) is 19.8. The third-order valence-electron chi connectivity index (χ3n) is 4.87. The summed E-state index contributed by atoms with van der Waals surface area (Å²) in [6, 6.07) is 7.84. The molecule has 0 unspecified atom stereocenters. The Morgan fingerprint density at radius 3 is 2.70 bits per heavy atom. The third-order valence-corrected chi connectivity index (χ3v) is 6.07. The van der Waals surface area contributed by atoms with Crippen LogP contribution < -0.4 is 10.6 Å². The van der Waals surface area contributed by atoms with E-state index in [-0.39, 0.29) is 12.5 Å². The Kier molecular flexibility index (Phi) is 6.79. The van der Waals surface area contributed by atoms with Crippen LogP contribution in [0.3, 0.4) is 0 Å². The van der Waals surface area contributed by atoms with Crippen molar-refractivity contribution in [2.45, 2.75) is 39.0 Å². The molecule has 3 rings (SSSR count). The second kappa shape index (κ2) is 9.28. The van der Waals surface area contributed by atoms with Crippen molar-refractivity contribution in [2.24, 2.45) is 5.92 Å². The smallest absolute Gasteiger partial charge is 0.321 e. The molecule has 0 aliphatic carbocycles. The number of amides is 3. The van der Waals surface area contributed by atoms with Gasteiger partial charge in [-0.3, -0.25) is 15.0 Å². The van der Waals surface area contributed by atoms with Gasteiger partial charge in [-0.1, -0.05) is 26.0 Å². The molecule has 0 saturated carbocycles. The summed E-state index contributed by atoms with van der Waals surface area (Å²) in [6.07, 6.45) is 2.89. The molecule has 1 saturated heterocycles. The predicted molar refractivity (Wildman–Crippen MR) is 109 cm³/mol. The van der Waals surface area contributed by atoms with Crippen LogP contribution in [0.2, 0.25) is 0 Å². The van der Waals surface area contributed by atoms with Crippen LogP contribution in [0.5, 0.6) is 0 Å². The number of benzene rings is 1. The first-order valence-corrected chi connectivity index (χ1v) is 10.5. The highest BCUT2D eigenvalue weighted by Crippen LogP contribution is 2.33. The fourth-order valence-corrected chi connectivity index (χ4v) is 4.43. The van der Waals surface area contributed by atoms with Crippen molar-refractivity contribution in [2.75, 3.05) is 26.2 Å². The zero-order chi connectivity index (χ0) is 19.2. The van der Waals surface area contributed by atoms with E-state index in [1.165, 1.54) is 9.71 Å². The molecule has 7 heteroatoms. The summed E-state index contributed by atoms with van der Waals surface area (Å²) in [6.45, 7) is 6.76. The van der Waals surface area contributed by atoms with Gasteiger partial charge in [0, 0.05) is 12.5 Å². The summed E-state index contributed by atoms with van der Waals surface area (Å²) in [5.74, 6) is 0.745. The van der Waals surface area contributed by atoms with Crippen molar-refractivity contribution in [3.63, 3.8) is 0 Å². The third kappa shape index (κ3) is 5.74. The van der Waals surface area contributed by atoms with E-state index < -0.39 is 6.03 Å². The Balaban J connectivity index is 1.41. The second-order valence-corrected chi connectivity index (χ2v) is 8.62. The Bertz CT molecular complexity index is 748. The number of hydrogen-bond donors (Lipinski definition) is 2.